The van der Waals surface area contributed by atoms with E-state index in [1.807, 2.05) is 19.0 Å². The van der Waals surface area contributed by atoms with Crippen LogP contribution in [0.4, 0.5) is 5.69 Å². The van der Waals surface area contributed by atoms with Crippen LogP contribution in [0.15, 0.2) is 69.9 Å². The number of aromatic nitrogens is 1. The van der Waals surface area contributed by atoms with Crippen LogP contribution in [0, 0.1) is 0 Å². The van der Waals surface area contributed by atoms with Crippen LogP contribution in [-0.4, -0.2) is 39.5 Å². The SMILES string of the molecule is CN(C)c1cc2oc3cc(=O)c(-c4ccc(O)cc4O)cc-3nc2cc1-c1ccc(O)cc1O. The van der Waals surface area contributed by atoms with Crippen LogP contribution >= 0.6 is 0 Å². The summed E-state index contributed by atoms with van der Waals surface area (Å²) >= 11 is 0. The molecule has 3 aromatic carbocycles. The Bertz CT molecular complexity index is 1610. The molecule has 8 nitrogen and oxygen atoms in total. The molecule has 8 heteroatoms. The molecule has 1 aliphatic heterocycles. The smallest absolute Gasteiger partial charge is 0.190 e. The third-order valence-corrected chi connectivity index (χ3v) is 5.62. The van der Waals surface area contributed by atoms with Gasteiger partial charge < -0.3 is 29.7 Å². The van der Waals surface area contributed by atoms with Gasteiger partial charge in [0.25, 0.3) is 0 Å². The number of anilines is 1. The number of nitrogens with zero attached hydrogens (tertiary/aromatic N) is 2. The second kappa shape index (κ2) is 7.70. The molecule has 34 heavy (non-hydrogen) atoms. The zero-order valence-electron chi connectivity index (χ0n) is 18.3. The van der Waals surface area contributed by atoms with E-state index in [1.165, 1.54) is 36.4 Å². The maximum atomic E-state index is 12.8. The van der Waals surface area contributed by atoms with Crippen molar-refractivity contribution in [2.75, 3.05) is 19.0 Å². The molecule has 0 fully saturated rings. The zero-order chi connectivity index (χ0) is 24.1. The molecular formula is C26H20N2O6. The third-order valence-electron chi connectivity index (χ3n) is 5.62. The van der Waals surface area contributed by atoms with Gasteiger partial charge in [0.05, 0.1) is 0 Å². The number of hydrogen-bond donors (Lipinski definition) is 4. The number of aromatic hydroxyl groups is 4. The molecule has 3 aromatic rings. The summed E-state index contributed by atoms with van der Waals surface area (Å²) in [4.78, 5) is 19.3. The first-order valence-corrected chi connectivity index (χ1v) is 10.4. The minimum atomic E-state index is -0.364. The molecule has 1 heterocycles. The minimum absolute atomic E-state index is 0.0500. The molecule has 0 saturated heterocycles. The summed E-state index contributed by atoms with van der Waals surface area (Å²) in [5.74, 6) is -0.193. The Morgan fingerprint density at radius 1 is 0.735 bits per heavy atom. The van der Waals surface area contributed by atoms with Crippen LogP contribution in [0.25, 0.3) is 44.8 Å². The summed E-state index contributed by atoms with van der Waals surface area (Å²) in [5, 5.41) is 39.9. The van der Waals surface area contributed by atoms with Crippen molar-refractivity contribution in [2.45, 2.75) is 0 Å². The summed E-state index contributed by atoms with van der Waals surface area (Å²) in [6.07, 6.45) is 0. The van der Waals surface area contributed by atoms with E-state index in [9.17, 15) is 25.2 Å². The molecule has 0 unspecified atom stereocenters. The Balaban J connectivity index is 1.76. The first kappa shape index (κ1) is 21.1. The van der Waals surface area contributed by atoms with Crippen LogP contribution in [0.5, 0.6) is 23.0 Å². The maximum Gasteiger partial charge on any atom is 0.190 e. The lowest BCUT2D eigenvalue weighted by atomic mass is 10.00. The Morgan fingerprint density at radius 3 is 1.94 bits per heavy atom. The minimum Gasteiger partial charge on any atom is -0.508 e. The zero-order valence-corrected chi connectivity index (χ0v) is 18.3. The van der Waals surface area contributed by atoms with Crippen molar-refractivity contribution in [3.63, 3.8) is 0 Å². The molecule has 4 N–H and O–H groups in total. The summed E-state index contributed by atoms with van der Waals surface area (Å²) in [6, 6.07) is 14.8. The molecule has 0 spiro atoms. The van der Waals surface area contributed by atoms with Crippen molar-refractivity contribution in [2.24, 2.45) is 0 Å². The van der Waals surface area contributed by atoms with Crippen molar-refractivity contribution in [1.82, 2.24) is 4.98 Å². The van der Waals surface area contributed by atoms with Crippen LogP contribution < -0.4 is 10.3 Å². The largest absolute Gasteiger partial charge is 0.508 e. The van der Waals surface area contributed by atoms with E-state index in [0.717, 1.165) is 11.8 Å². The van der Waals surface area contributed by atoms with Gasteiger partial charge in [0, 0.05) is 66.3 Å². The lowest BCUT2D eigenvalue weighted by molar-refractivity contribution is 0.451. The number of phenols is 4. The quantitative estimate of drug-likeness (QED) is 0.292. The third kappa shape index (κ3) is 3.51. The van der Waals surface area contributed by atoms with Gasteiger partial charge in [-0.3, -0.25) is 4.79 Å². The van der Waals surface area contributed by atoms with E-state index in [2.05, 4.69) is 4.98 Å². The lowest BCUT2D eigenvalue weighted by Crippen LogP contribution is -2.10. The Labute approximate surface area is 193 Å². The van der Waals surface area contributed by atoms with Gasteiger partial charge in [-0.2, -0.15) is 0 Å². The van der Waals surface area contributed by atoms with Gasteiger partial charge in [-0.05, 0) is 36.4 Å². The molecule has 0 atom stereocenters. The molecule has 0 bridgehead atoms. The van der Waals surface area contributed by atoms with Gasteiger partial charge in [0.1, 0.15) is 34.2 Å². The normalized spacial score (nSPS) is 11.2. The second-order valence-electron chi connectivity index (χ2n) is 8.16. The fourth-order valence-electron chi connectivity index (χ4n) is 3.99. The highest BCUT2D eigenvalue weighted by Crippen LogP contribution is 2.41. The van der Waals surface area contributed by atoms with Crippen molar-refractivity contribution < 1.29 is 24.8 Å². The van der Waals surface area contributed by atoms with Gasteiger partial charge in [-0.15, -0.1) is 0 Å². The van der Waals surface area contributed by atoms with Crippen LogP contribution in [-0.2, 0) is 0 Å². The number of phenolic OH excluding ortho intramolecular Hbond substituents is 4. The van der Waals surface area contributed by atoms with E-state index >= 15 is 0 Å². The highest BCUT2D eigenvalue weighted by atomic mass is 16.3. The molecule has 0 amide bonds. The summed E-state index contributed by atoms with van der Waals surface area (Å²) in [6.45, 7) is 0. The van der Waals surface area contributed by atoms with E-state index in [1.54, 1.807) is 18.2 Å². The van der Waals surface area contributed by atoms with Gasteiger partial charge in [0.2, 0.25) is 0 Å². The number of rotatable bonds is 3. The van der Waals surface area contributed by atoms with Gasteiger partial charge in [-0.1, -0.05) is 0 Å². The summed E-state index contributed by atoms with van der Waals surface area (Å²) in [7, 11) is 3.70. The van der Waals surface area contributed by atoms with Crippen molar-refractivity contribution in [3.05, 3.63) is 70.9 Å². The number of fused-ring (bicyclic) bond motifs is 2. The Morgan fingerprint density at radius 2 is 1.35 bits per heavy atom. The topological polar surface area (TPSA) is 127 Å². The molecule has 2 aliphatic rings. The molecule has 0 aromatic heterocycles. The first-order chi connectivity index (χ1) is 16.2. The maximum absolute atomic E-state index is 12.8. The average Bonchev–Trinajstić information content (AvgIpc) is 2.77. The first-order valence-electron chi connectivity index (χ1n) is 10.4. The van der Waals surface area contributed by atoms with E-state index in [4.69, 9.17) is 4.42 Å². The van der Waals surface area contributed by atoms with Crippen LogP contribution in [0.1, 0.15) is 0 Å². The lowest BCUT2D eigenvalue weighted by Gasteiger charge is -2.19. The van der Waals surface area contributed by atoms with Crippen LogP contribution in [0.3, 0.4) is 0 Å². The number of hydrogen-bond acceptors (Lipinski definition) is 8. The van der Waals surface area contributed by atoms with E-state index in [-0.39, 0.29) is 45.3 Å². The fraction of sp³-hybridized carbons (Fsp3) is 0.0769. The van der Waals surface area contributed by atoms with Gasteiger partial charge in [0.15, 0.2) is 16.8 Å². The standard InChI is InChI=1S/C26H20N2O6/c1-28(2)21-11-25-19(9-17(21)15-5-3-13(29)7-22(15)31)27-20-10-18(24(33)12-26(20)34-25)16-6-4-14(30)8-23(16)32/h3-12,29-32H,1-2H3. The second-order valence-corrected chi connectivity index (χ2v) is 8.16. The van der Waals surface area contributed by atoms with Gasteiger partial charge >= 0.3 is 0 Å². The van der Waals surface area contributed by atoms with Crippen molar-refractivity contribution in [3.8, 4) is 56.7 Å². The highest BCUT2D eigenvalue weighted by Gasteiger charge is 2.19. The monoisotopic (exact) mass is 456 g/mol. The predicted octanol–water partition coefficient (Wildman–Crippen LogP) is 4.52. The van der Waals surface area contributed by atoms with Crippen LogP contribution in [0.2, 0.25) is 0 Å². The fourth-order valence-corrected chi connectivity index (χ4v) is 3.99. The molecular weight excluding hydrogens is 436 g/mol. The Hall–Kier alpha value is -4.72. The molecule has 5 rings (SSSR count). The summed E-state index contributed by atoms with van der Waals surface area (Å²) in [5.41, 5.74) is 3.37. The van der Waals surface area contributed by atoms with E-state index < -0.39 is 0 Å². The molecule has 1 aliphatic carbocycles. The molecule has 170 valence electrons. The average molecular weight is 456 g/mol. The van der Waals surface area contributed by atoms with Crippen molar-refractivity contribution >= 4 is 16.8 Å². The van der Waals surface area contributed by atoms with Gasteiger partial charge in [-0.25, -0.2) is 4.98 Å². The van der Waals surface area contributed by atoms with Crippen molar-refractivity contribution in [1.29, 1.82) is 0 Å². The Kier molecular flexibility index (Phi) is 4.79. The molecule has 0 saturated carbocycles. The molecule has 0 radical (unpaired) electrons. The summed E-state index contributed by atoms with van der Waals surface area (Å²) < 4.78 is 6.00. The van der Waals surface area contributed by atoms with E-state index in [0.29, 0.717) is 27.9 Å². The highest BCUT2D eigenvalue weighted by molar-refractivity contribution is 5.93. The predicted molar refractivity (Wildman–Crippen MR) is 129 cm³/mol. The number of benzene rings is 4.